The van der Waals surface area contributed by atoms with Crippen molar-refractivity contribution in [2.75, 3.05) is 18.4 Å². The molecule has 0 saturated carbocycles. The van der Waals surface area contributed by atoms with E-state index in [9.17, 15) is 4.79 Å². The molecule has 0 spiro atoms. The van der Waals surface area contributed by atoms with Gasteiger partial charge in [-0.3, -0.25) is 0 Å². The molecule has 1 saturated heterocycles. The van der Waals surface area contributed by atoms with Crippen molar-refractivity contribution in [3.05, 3.63) is 29.8 Å². The number of nitrogens with one attached hydrogen (secondary N) is 1. The molecule has 1 aromatic carbocycles. The van der Waals surface area contributed by atoms with E-state index in [2.05, 4.69) is 5.32 Å². The summed E-state index contributed by atoms with van der Waals surface area (Å²) in [6.45, 7) is 3.76. The fourth-order valence-electron chi connectivity index (χ4n) is 1.16. The first kappa shape index (κ1) is 8.10. The Balaban J connectivity index is 2.08. The Hall–Kier alpha value is -1.51. The predicted molar refractivity (Wildman–Crippen MR) is 51.8 cm³/mol. The van der Waals surface area contributed by atoms with Crippen molar-refractivity contribution in [1.29, 1.82) is 0 Å². The van der Waals surface area contributed by atoms with E-state index in [1.54, 1.807) is 4.90 Å². The number of amides is 2. The molecule has 3 nitrogen and oxygen atoms in total. The molecule has 0 atom stereocenters. The van der Waals surface area contributed by atoms with Gasteiger partial charge in [-0.2, -0.15) is 0 Å². The van der Waals surface area contributed by atoms with E-state index < -0.39 is 0 Å². The number of hydrogen-bond acceptors (Lipinski definition) is 1. The number of para-hydroxylation sites is 1. The lowest BCUT2D eigenvalue weighted by atomic mass is 10.2. The summed E-state index contributed by atoms with van der Waals surface area (Å²) < 4.78 is 0. The van der Waals surface area contributed by atoms with Gasteiger partial charge < -0.3 is 10.2 Å². The van der Waals surface area contributed by atoms with Gasteiger partial charge in [0.05, 0.1) is 0 Å². The summed E-state index contributed by atoms with van der Waals surface area (Å²) in [5, 5.41) is 2.86. The highest BCUT2D eigenvalue weighted by atomic mass is 16.2. The molecule has 0 radical (unpaired) electrons. The van der Waals surface area contributed by atoms with Gasteiger partial charge >= 0.3 is 6.03 Å². The van der Waals surface area contributed by atoms with E-state index in [-0.39, 0.29) is 6.03 Å². The molecule has 1 aliphatic rings. The second kappa shape index (κ2) is 3.09. The van der Waals surface area contributed by atoms with Crippen LogP contribution in [0, 0.1) is 6.92 Å². The summed E-state index contributed by atoms with van der Waals surface area (Å²) in [7, 11) is 0. The molecule has 0 aliphatic carbocycles. The quantitative estimate of drug-likeness (QED) is 0.650. The number of carbonyl (C=O) groups excluding carboxylic acids is 1. The first-order valence-electron chi connectivity index (χ1n) is 4.39. The average molecular weight is 176 g/mol. The molecule has 3 heteroatoms. The summed E-state index contributed by atoms with van der Waals surface area (Å²) in [6, 6.07) is 7.79. The van der Waals surface area contributed by atoms with Crippen molar-refractivity contribution in [3.63, 3.8) is 0 Å². The predicted octanol–water partition coefficient (Wildman–Crippen LogP) is 1.84. The highest BCUT2D eigenvalue weighted by Gasteiger charge is 2.23. The van der Waals surface area contributed by atoms with Crippen molar-refractivity contribution in [3.8, 4) is 0 Å². The second-order valence-corrected chi connectivity index (χ2v) is 3.23. The van der Waals surface area contributed by atoms with Gasteiger partial charge in [0.1, 0.15) is 0 Å². The number of urea groups is 1. The largest absolute Gasteiger partial charge is 0.321 e. The van der Waals surface area contributed by atoms with E-state index in [1.807, 2.05) is 31.2 Å². The number of carbonyl (C=O) groups is 1. The molecule has 1 aliphatic heterocycles. The minimum absolute atomic E-state index is 0.00861. The second-order valence-electron chi connectivity index (χ2n) is 3.23. The van der Waals surface area contributed by atoms with Crippen LogP contribution in [-0.2, 0) is 0 Å². The van der Waals surface area contributed by atoms with Crippen LogP contribution < -0.4 is 5.32 Å². The smallest absolute Gasteiger partial charge is 0.321 e. The summed E-state index contributed by atoms with van der Waals surface area (Å²) in [5.74, 6) is 0. The molecule has 0 bridgehead atoms. The van der Waals surface area contributed by atoms with Gasteiger partial charge in [0.2, 0.25) is 0 Å². The third-order valence-corrected chi connectivity index (χ3v) is 2.12. The van der Waals surface area contributed by atoms with E-state index >= 15 is 0 Å². The third-order valence-electron chi connectivity index (χ3n) is 2.12. The Labute approximate surface area is 77.4 Å². The molecule has 68 valence electrons. The average Bonchev–Trinajstić information content (AvgIpc) is 2.91. The first-order valence-corrected chi connectivity index (χ1v) is 4.39. The van der Waals surface area contributed by atoms with Crippen LogP contribution in [0.3, 0.4) is 0 Å². The lowest BCUT2D eigenvalue weighted by molar-refractivity contribution is 0.242. The zero-order valence-electron chi connectivity index (χ0n) is 7.58. The van der Waals surface area contributed by atoms with Gasteiger partial charge in [0, 0.05) is 18.8 Å². The molecule has 2 rings (SSSR count). The van der Waals surface area contributed by atoms with Crippen LogP contribution in [0.25, 0.3) is 0 Å². The van der Waals surface area contributed by atoms with Crippen molar-refractivity contribution in [2.24, 2.45) is 0 Å². The topological polar surface area (TPSA) is 32.1 Å². The molecular weight excluding hydrogens is 164 g/mol. The van der Waals surface area contributed by atoms with E-state index in [1.165, 1.54) is 0 Å². The van der Waals surface area contributed by atoms with Crippen molar-refractivity contribution in [1.82, 2.24) is 4.90 Å². The molecule has 1 aromatic rings. The fraction of sp³-hybridized carbons (Fsp3) is 0.300. The summed E-state index contributed by atoms with van der Waals surface area (Å²) in [5.41, 5.74) is 2.00. The molecule has 1 N–H and O–H groups in total. The number of hydrogen-bond donors (Lipinski definition) is 1. The zero-order valence-corrected chi connectivity index (χ0v) is 7.58. The van der Waals surface area contributed by atoms with Crippen LogP contribution in [-0.4, -0.2) is 24.0 Å². The fourth-order valence-corrected chi connectivity index (χ4v) is 1.16. The number of aryl methyl sites for hydroxylation is 1. The van der Waals surface area contributed by atoms with Crippen LogP contribution >= 0.6 is 0 Å². The van der Waals surface area contributed by atoms with Crippen molar-refractivity contribution in [2.45, 2.75) is 6.92 Å². The number of anilines is 1. The molecule has 0 aromatic heterocycles. The van der Waals surface area contributed by atoms with Crippen LogP contribution in [0.4, 0.5) is 10.5 Å². The Morgan fingerprint density at radius 3 is 2.69 bits per heavy atom. The normalized spacial score (nSPS) is 14.1. The maximum atomic E-state index is 11.3. The maximum absolute atomic E-state index is 11.3. The maximum Gasteiger partial charge on any atom is 0.321 e. The molecule has 2 amide bonds. The van der Waals surface area contributed by atoms with Crippen LogP contribution in [0.5, 0.6) is 0 Å². The van der Waals surface area contributed by atoms with Gasteiger partial charge in [-0.15, -0.1) is 0 Å². The lowest BCUT2D eigenvalue weighted by Crippen LogP contribution is -2.18. The lowest BCUT2D eigenvalue weighted by Gasteiger charge is -2.07. The number of rotatable bonds is 1. The minimum Gasteiger partial charge on any atom is -0.321 e. The molecule has 1 heterocycles. The standard InChI is InChI=1S/C10H12N2O/c1-8-4-2-3-5-9(8)11-10(13)12-6-7-12/h2-5H,6-7H2,1H3,(H,11,13). The summed E-state index contributed by atoms with van der Waals surface area (Å²) in [6.07, 6.45) is 0. The van der Waals surface area contributed by atoms with Gasteiger partial charge in [0.25, 0.3) is 0 Å². The molecule has 13 heavy (non-hydrogen) atoms. The summed E-state index contributed by atoms with van der Waals surface area (Å²) >= 11 is 0. The molecule has 1 fully saturated rings. The third kappa shape index (κ3) is 1.80. The Morgan fingerprint density at radius 2 is 2.08 bits per heavy atom. The Morgan fingerprint density at radius 1 is 1.38 bits per heavy atom. The number of nitrogens with zero attached hydrogens (tertiary/aromatic N) is 1. The van der Waals surface area contributed by atoms with Gasteiger partial charge in [-0.05, 0) is 18.6 Å². The Kier molecular flexibility index (Phi) is 1.93. The zero-order chi connectivity index (χ0) is 9.26. The van der Waals surface area contributed by atoms with E-state index in [4.69, 9.17) is 0 Å². The Bertz CT molecular complexity index is 331. The first-order chi connectivity index (χ1) is 6.27. The highest BCUT2D eigenvalue weighted by Crippen LogP contribution is 2.15. The summed E-state index contributed by atoms with van der Waals surface area (Å²) in [4.78, 5) is 13.1. The van der Waals surface area contributed by atoms with Crippen LogP contribution in [0.1, 0.15) is 5.56 Å². The number of benzene rings is 1. The van der Waals surface area contributed by atoms with Gasteiger partial charge in [-0.25, -0.2) is 4.79 Å². The van der Waals surface area contributed by atoms with Gasteiger partial charge in [0.15, 0.2) is 0 Å². The van der Waals surface area contributed by atoms with Crippen molar-refractivity contribution >= 4 is 11.7 Å². The van der Waals surface area contributed by atoms with Crippen molar-refractivity contribution < 1.29 is 4.79 Å². The minimum atomic E-state index is 0.00861. The molecular formula is C10H12N2O. The highest BCUT2D eigenvalue weighted by molar-refractivity contribution is 5.91. The van der Waals surface area contributed by atoms with E-state index in [0.29, 0.717) is 0 Å². The monoisotopic (exact) mass is 176 g/mol. The van der Waals surface area contributed by atoms with Gasteiger partial charge in [-0.1, -0.05) is 18.2 Å². The SMILES string of the molecule is Cc1ccccc1NC(=O)N1CC1. The molecule has 0 unspecified atom stereocenters. The van der Waals surface area contributed by atoms with E-state index in [0.717, 1.165) is 24.3 Å². The van der Waals surface area contributed by atoms with Crippen LogP contribution in [0.15, 0.2) is 24.3 Å². The van der Waals surface area contributed by atoms with Crippen LogP contribution in [0.2, 0.25) is 0 Å².